The summed E-state index contributed by atoms with van der Waals surface area (Å²) >= 11 is 0. The monoisotopic (exact) mass is 297 g/mol. The Balaban J connectivity index is 2.07. The van der Waals surface area contributed by atoms with Crippen LogP contribution in [0.4, 0.5) is 14.5 Å². The summed E-state index contributed by atoms with van der Waals surface area (Å²) in [5, 5.41) is 9.92. The first-order valence-electron chi connectivity index (χ1n) is 7.88. The molecule has 0 bridgehead atoms. The van der Waals surface area contributed by atoms with Gasteiger partial charge in [0.05, 0.1) is 0 Å². The fourth-order valence-electron chi connectivity index (χ4n) is 2.96. The number of rotatable bonds is 6. The van der Waals surface area contributed by atoms with Gasteiger partial charge in [-0.1, -0.05) is 25.5 Å². The quantitative estimate of drug-likeness (QED) is 0.833. The van der Waals surface area contributed by atoms with Gasteiger partial charge in [-0.2, -0.15) is 0 Å². The van der Waals surface area contributed by atoms with Crippen LogP contribution in [-0.4, -0.2) is 23.6 Å². The Kier molecular flexibility index (Phi) is 5.20. The topological polar surface area (TPSA) is 23.5 Å². The highest BCUT2D eigenvalue weighted by Gasteiger charge is 2.38. The van der Waals surface area contributed by atoms with Crippen molar-refractivity contribution in [3.8, 4) is 0 Å². The highest BCUT2D eigenvalue weighted by molar-refractivity contribution is 5.49. The van der Waals surface area contributed by atoms with Crippen LogP contribution in [0.15, 0.2) is 24.3 Å². The second-order valence-electron chi connectivity index (χ2n) is 6.04. The van der Waals surface area contributed by atoms with Crippen LogP contribution in [0.1, 0.15) is 57.6 Å². The van der Waals surface area contributed by atoms with Crippen LogP contribution in [0, 0.1) is 0 Å². The first-order valence-corrected chi connectivity index (χ1v) is 7.88. The van der Waals surface area contributed by atoms with Crippen molar-refractivity contribution in [1.82, 2.24) is 0 Å². The number of benzene rings is 1. The van der Waals surface area contributed by atoms with Gasteiger partial charge in [-0.15, -0.1) is 0 Å². The van der Waals surface area contributed by atoms with Crippen molar-refractivity contribution < 1.29 is 13.9 Å². The van der Waals surface area contributed by atoms with E-state index in [9.17, 15) is 13.9 Å². The molecule has 0 aliphatic carbocycles. The van der Waals surface area contributed by atoms with E-state index >= 15 is 0 Å². The molecule has 2 atom stereocenters. The molecule has 0 spiro atoms. The second-order valence-corrected chi connectivity index (χ2v) is 6.04. The summed E-state index contributed by atoms with van der Waals surface area (Å²) < 4.78 is 27.8. The molecule has 21 heavy (non-hydrogen) atoms. The summed E-state index contributed by atoms with van der Waals surface area (Å²) in [7, 11) is 0. The molecule has 0 radical (unpaired) electrons. The van der Waals surface area contributed by atoms with Gasteiger partial charge in [-0.05, 0) is 43.9 Å². The highest BCUT2D eigenvalue weighted by atomic mass is 19.3. The third-order valence-electron chi connectivity index (χ3n) is 4.36. The number of unbranched alkanes of at least 4 members (excludes halogenated alkanes) is 1. The van der Waals surface area contributed by atoms with Crippen LogP contribution >= 0.6 is 0 Å². The smallest absolute Gasteiger partial charge is 0.277 e. The molecule has 1 heterocycles. The predicted octanol–water partition coefficient (Wildman–Crippen LogP) is 4.53. The molecule has 2 unspecified atom stereocenters. The maximum atomic E-state index is 13.9. The zero-order valence-electron chi connectivity index (χ0n) is 12.9. The molecule has 1 aromatic carbocycles. The lowest BCUT2D eigenvalue weighted by atomic mass is 9.99. The third-order valence-corrected chi connectivity index (χ3v) is 4.36. The summed E-state index contributed by atoms with van der Waals surface area (Å²) in [5.41, 5.74) is 1.35. The summed E-state index contributed by atoms with van der Waals surface area (Å²) in [4.78, 5) is 2.28. The van der Waals surface area contributed by atoms with Crippen LogP contribution in [0.5, 0.6) is 0 Å². The first kappa shape index (κ1) is 16.2. The Morgan fingerprint density at radius 1 is 1.33 bits per heavy atom. The van der Waals surface area contributed by atoms with E-state index in [0.29, 0.717) is 24.4 Å². The Morgan fingerprint density at radius 2 is 2.00 bits per heavy atom. The van der Waals surface area contributed by atoms with E-state index in [-0.39, 0.29) is 6.42 Å². The molecule has 1 N–H and O–H groups in total. The van der Waals surface area contributed by atoms with Crippen LogP contribution in [0.2, 0.25) is 0 Å². The summed E-state index contributed by atoms with van der Waals surface area (Å²) in [6.45, 7) is 5.05. The fraction of sp³-hybridized carbons (Fsp3) is 0.647. The van der Waals surface area contributed by atoms with Crippen molar-refractivity contribution in [1.29, 1.82) is 0 Å². The lowest BCUT2D eigenvalue weighted by Crippen LogP contribution is -2.27. The molecule has 4 heteroatoms. The molecule has 2 nitrogen and oxygen atoms in total. The van der Waals surface area contributed by atoms with Crippen molar-refractivity contribution in [2.24, 2.45) is 0 Å². The maximum Gasteiger partial charge on any atom is 0.277 e. The summed E-state index contributed by atoms with van der Waals surface area (Å²) in [5.74, 6) is -3.06. The zero-order chi connectivity index (χ0) is 15.5. The SMILES string of the molecule is CCCCC(F)(F)C(O)c1ccc(N2CCCC2C)cc1. The Morgan fingerprint density at radius 3 is 2.52 bits per heavy atom. The summed E-state index contributed by atoms with van der Waals surface area (Å²) in [6, 6.07) is 7.44. The molecular formula is C17H25F2NO. The van der Waals surface area contributed by atoms with Crippen molar-refractivity contribution >= 4 is 5.69 Å². The first-order chi connectivity index (χ1) is 9.95. The van der Waals surface area contributed by atoms with Gasteiger partial charge in [0, 0.05) is 24.7 Å². The molecule has 1 aliphatic heterocycles. The van der Waals surface area contributed by atoms with Crippen molar-refractivity contribution in [2.45, 2.75) is 64.0 Å². The number of aliphatic hydroxyl groups excluding tert-OH is 1. The summed E-state index contributed by atoms with van der Waals surface area (Å²) in [6.07, 6.45) is 1.48. The maximum absolute atomic E-state index is 13.9. The van der Waals surface area contributed by atoms with Gasteiger partial charge in [-0.25, -0.2) is 8.78 Å². The molecule has 0 amide bonds. The molecular weight excluding hydrogens is 272 g/mol. The highest BCUT2D eigenvalue weighted by Crippen LogP contribution is 2.36. The average Bonchev–Trinajstić information content (AvgIpc) is 2.91. The van der Waals surface area contributed by atoms with E-state index < -0.39 is 12.0 Å². The van der Waals surface area contributed by atoms with Crippen molar-refractivity contribution in [3.63, 3.8) is 0 Å². The normalized spacial score (nSPS) is 20.8. The number of halogens is 2. The number of hydrogen-bond acceptors (Lipinski definition) is 2. The standard InChI is InChI=1S/C17H25F2NO/c1-3-4-11-17(18,19)16(21)14-7-9-15(10-8-14)20-12-5-6-13(20)2/h7-10,13,16,21H,3-6,11-12H2,1-2H3. The zero-order valence-corrected chi connectivity index (χ0v) is 12.9. The van der Waals surface area contributed by atoms with Gasteiger partial charge in [-0.3, -0.25) is 0 Å². The Labute approximate surface area is 125 Å². The van der Waals surface area contributed by atoms with Crippen molar-refractivity contribution in [2.75, 3.05) is 11.4 Å². The fourth-order valence-corrected chi connectivity index (χ4v) is 2.96. The van der Waals surface area contributed by atoms with E-state index in [1.165, 1.54) is 12.8 Å². The molecule has 118 valence electrons. The van der Waals surface area contributed by atoms with E-state index in [0.717, 1.165) is 12.2 Å². The molecule has 2 rings (SSSR count). The van der Waals surface area contributed by atoms with Crippen LogP contribution in [-0.2, 0) is 0 Å². The lowest BCUT2D eigenvalue weighted by Gasteiger charge is -2.26. The minimum atomic E-state index is -3.06. The number of nitrogens with zero attached hydrogens (tertiary/aromatic N) is 1. The second kappa shape index (κ2) is 6.73. The number of alkyl halides is 2. The Hall–Kier alpha value is -1.16. The van der Waals surface area contributed by atoms with Crippen LogP contribution in [0.25, 0.3) is 0 Å². The predicted molar refractivity (Wildman–Crippen MR) is 81.9 cm³/mol. The largest absolute Gasteiger partial charge is 0.382 e. The Bertz CT molecular complexity index is 447. The molecule has 0 aromatic heterocycles. The van der Waals surface area contributed by atoms with E-state index in [4.69, 9.17) is 0 Å². The molecule has 1 aliphatic rings. The van der Waals surface area contributed by atoms with E-state index in [2.05, 4.69) is 11.8 Å². The number of hydrogen-bond donors (Lipinski definition) is 1. The molecule has 1 fully saturated rings. The van der Waals surface area contributed by atoms with E-state index in [1.54, 1.807) is 12.1 Å². The van der Waals surface area contributed by atoms with Gasteiger partial charge < -0.3 is 10.0 Å². The number of aliphatic hydroxyl groups is 1. The minimum Gasteiger partial charge on any atom is -0.382 e. The molecule has 1 aromatic rings. The molecule has 0 saturated carbocycles. The van der Waals surface area contributed by atoms with Crippen molar-refractivity contribution in [3.05, 3.63) is 29.8 Å². The van der Waals surface area contributed by atoms with Crippen LogP contribution < -0.4 is 4.90 Å². The third kappa shape index (κ3) is 3.73. The van der Waals surface area contributed by atoms with Gasteiger partial charge in [0.15, 0.2) is 0 Å². The van der Waals surface area contributed by atoms with E-state index in [1.807, 2.05) is 19.1 Å². The van der Waals surface area contributed by atoms with Gasteiger partial charge >= 0.3 is 0 Å². The number of anilines is 1. The average molecular weight is 297 g/mol. The lowest BCUT2D eigenvalue weighted by molar-refractivity contribution is -0.116. The van der Waals surface area contributed by atoms with Crippen LogP contribution in [0.3, 0.4) is 0 Å². The van der Waals surface area contributed by atoms with Gasteiger partial charge in [0.25, 0.3) is 5.92 Å². The minimum absolute atomic E-state index is 0.268. The molecule has 1 saturated heterocycles. The van der Waals surface area contributed by atoms with Gasteiger partial charge in [0.1, 0.15) is 6.10 Å². The van der Waals surface area contributed by atoms with Gasteiger partial charge in [0.2, 0.25) is 0 Å².